The third-order valence-electron chi connectivity index (χ3n) is 5.69. The molecule has 0 saturated heterocycles. The summed E-state index contributed by atoms with van der Waals surface area (Å²) in [5, 5.41) is 5.54. The van der Waals surface area contributed by atoms with Crippen molar-refractivity contribution in [3.63, 3.8) is 0 Å². The van der Waals surface area contributed by atoms with Crippen molar-refractivity contribution in [2.75, 3.05) is 6.54 Å². The molecule has 5 aromatic rings. The van der Waals surface area contributed by atoms with Crippen LogP contribution in [0.5, 0.6) is 0 Å². The minimum absolute atomic E-state index is 0.734. The lowest BCUT2D eigenvalue weighted by molar-refractivity contribution is 0.597. The first-order valence-corrected chi connectivity index (χ1v) is 14.2. The van der Waals surface area contributed by atoms with Crippen LogP contribution in [0, 0.1) is 0 Å². The molecule has 0 aliphatic heterocycles. The van der Waals surface area contributed by atoms with Gasteiger partial charge in [-0.1, -0.05) is 121 Å². The van der Waals surface area contributed by atoms with E-state index in [4.69, 9.17) is 0 Å². The molecule has 34 heavy (non-hydrogen) atoms. The van der Waals surface area contributed by atoms with Gasteiger partial charge in [0.1, 0.15) is 0 Å². The molecule has 1 heterocycles. The standard InChI is InChI=1S/C30H28N2P2/c1-5-15-27(16-6-1)33(28-17-7-2-8-18-28)32(26-25-31-23-13-14-24-31)34(29-19-9-3-10-20-29)30-21-11-4-12-22-30/h1-24H,25-26H2. The Balaban J connectivity index is 1.67. The van der Waals surface area contributed by atoms with Crippen LogP contribution < -0.4 is 21.2 Å². The Kier molecular flexibility index (Phi) is 7.64. The van der Waals surface area contributed by atoms with E-state index in [0.29, 0.717) is 0 Å². The van der Waals surface area contributed by atoms with E-state index in [-0.39, 0.29) is 0 Å². The van der Waals surface area contributed by atoms with E-state index in [9.17, 15) is 0 Å². The largest absolute Gasteiger partial charge is 0.353 e. The van der Waals surface area contributed by atoms with E-state index in [1.807, 2.05) is 0 Å². The monoisotopic (exact) mass is 478 g/mol. The number of aromatic nitrogens is 1. The summed E-state index contributed by atoms with van der Waals surface area (Å²) in [7, 11) is -1.47. The van der Waals surface area contributed by atoms with E-state index < -0.39 is 16.1 Å². The second-order valence-electron chi connectivity index (χ2n) is 7.98. The molecule has 0 N–H and O–H groups in total. The van der Waals surface area contributed by atoms with Gasteiger partial charge in [-0.05, 0) is 33.4 Å². The first kappa shape index (κ1) is 22.8. The highest BCUT2D eigenvalue weighted by molar-refractivity contribution is 7.84. The summed E-state index contributed by atoms with van der Waals surface area (Å²) in [6, 6.07) is 48.4. The SMILES string of the molecule is c1ccc(P(c2ccccc2)N(CCn2cccc2)P(c2ccccc2)c2ccccc2)cc1. The molecule has 0 unspecified atom stereocenters. The minimum Gasteiger partial charge on any atom is -0.353 e. The third-order valence-corrected chi connectivity index (χ3v) is 11.2. The van der Waals surface area contributed by atoms with Crippen molar-refractivity contribution in [1.82, 2.24) is 9.01 Å². The molecule has 0 aliphatic rings. The summed E-state index contributed by atoms with van der Waals surface area (Å²) in [6.07, 6.45) is 4.33. The fourth-order valence-corrected chi connectivity index (χ4v) is 10.1. The Morgan fingerprint density at radius 3 is 1.09 bits per heavy atom. The van der Waals surface area contributed by atoms with Crippen molar-refractivity contribution >= 4 is 37.4 Å². The zero-order valence-corrected chi connectivity index (χ0v) is 20.8. The number of nitrogens with zero attached hydrogens (tertiary/aromatic N) is 2. The van der Waals surface area contributed by atoms with E-state index in [0.717, 1.165) is 13.1 Å². The van der Waals surface area contributed by atoms with Gasteiger partial charge in [-0.2, -0.15) is 0 Å². The zero-order chi connectivity index (χ0) is 23.0. The Labute approximate surface area is 205 Å². The van der Waals surface area contributed by atoms with Gasteiger partial charge in [0.15, 0.2) is 0 Å². The van der Waals surface area contributed by atoms with Gasteiger partial charge in [0.2, 0.25) is 0 Å². The Hall–Kier alpha value is -3.02. The van der Waals surface area contributed by atoms with Gasteiger partial charge in [0.05, 0.1) is 0 Å². The van der Waals surface area contributed by atoms with Crippen LogP contribution in [-0.2, 0) is 6.54 Å². The summed E-state index contributed by atoms with van der Waals surface area (Å²) in [6.45, 7) is 1.91. The topological polar surface area (TPSA) is 8.17 Å². The van der Waals surface area contributed by atoms with Gasteiger partial charge in [-0.15, -0.1) is 0 Å². The molecule has 2 nitrogen and oxygen atoms in total. The number of hydrogen-bond acceptors (Lipinski definition) is 1. The molecule has 4 aromatic carbocycles. The van der Waals surface area contributed by atoms with Crippen molar-refractivity contribution in [3.05, 3.63) is 146 Å². The second kappa shape index (κ2) is 11.4. The molecular formula is C30H28N2P2. The molecule has 0 atom stereocenters. The van der Waals surface area contributed by atoms with E-state index >= 15 is 0 Å². The summed E-state index contributed by atoms with van der Waals surface area (Å²) in [5.41, 5.74) is 0. The van der Waals surface area contributed by atoms with Gasteiger partial charge in [0.25, 0.3) is 0 Å². The van der Waals surface area contributed by atoms with Crippen LogP contribution in [0.3, 0.4) is 0 Å². The normalized spacial score (nSPS) is 11.4. The predicted molar refractivity (Wildman–Crippen MR) is 149 cm³/mol. The fourth-order valence-electron chi connectivity index (χ4n) is 4.12. The smallest absolute Gasteiger partial charge is 0.0354 e. The maximum absolute atomic E-state index is 2.79. The molecule has 0 radical (unpaired) electrons. The Bertz CT molecular complexity index is 1080. The molecule has 0 aliphatic carbocycles. The van der Waals surface area contributed by atoms with Crippen LogP contribution in [0.15, 0.2) is 146 Å². The van der Waals surface area contributed by atoms with Gasteiger partial charge in [0, 0.05) is 41.6 Å². The van der Waals surface area contributed by atoms with Gasteiger partial charge in [-0.3, -0.25) is 0 Å². The first-order chi connectivity index (χ1) is 16.9. The molecule has 1 aromatic heterocycles. The quantitative estimate of drug-likeness (QED) is 0.240. The lowest BCUT2D eigenvalue weighted by atomic mass is 10.4. The number of hydrogen-bond donors (Lipinski definition) is 0. The van der Waals surface area contributed by atoms with Crippen LogP contribution in [0.2, 0.25) is 0 Å². The lowest BCUT2D eigenvalue weighted by Gasteiger charge is -2.39. The third kappa shape index (κ3) is 5.37. The molecule has 0 saturated carbocycles. The molecule has 0 spiro atoms. The molecule has 4 heteroatoms. The maximum Gasteiger partial charge on any atom is 0.0354 e. The highest BCUT2D eigenvalue weighted by Gasteiger charge is 2.31. The van der Waals surface area contributed by atoms with Crippen molar-refractivity contribution in [1.29, 1.82) is 0 Å². The van der Waals surface area contributed by atoms with Crippen LogP contribution in [0.4, 0.5) is 0 Å². The predicted octanol–water partition coefficient (Wildman–Crippen LogP) is 5.89. The summed E-state index contributed by atoms with van der Waals surface area (Å²) >= 11 is 0. The number of benzene rings is 4. The van der Waals surface area contributed by atoms with Gasteiger partial charge >= 0.3 is 0 Å². The minimum atomic E-state index is -0.734. The van der Waals surface area contributed by atoms with E-state index in [2.05, 4.69) is 155 Å². The number of rotatable bonds is 9. The van der Waals surface area contributed by atoms with Crippen LogP contribution in [-0.4, -0.2) is 15.6 Å². The van der Waals surface area contributed by atoms with Gasteiger partial charge < -0.3 is 4.57 Å². The summed E-state index contributed by atoms with van der Waals surface area (Å²) < 4.78 is 5.08. The van der Waals surface area contributed by atoms with Crippen LogP contribution >= 0.6 is 16.1 Å². The highest BCUT2D eigenvalue weighted by atomic mass is 31.2. The average molecular weight is 479 g/mol. The summed E-state index contributed by atoms with van der Waals surface area (Å²) in [5.74, 6) is 0. The van der Waals surface area contributed by atoms with Crippen molar-refractivity contribution in [3.8, 4) is 0 Å². The molecule has 168 valence electrons. The van der Waals surface area contributed by atoms with Crippen LogP contribution in [0.1, 0.15) is 0 Å². The average Bonchev–Trinajstić information content (AvgIpc) is 3.44. The zero-order valence-electron chi connectivity index (χ0n) is 19.1. The van der Waals surface area contributed by atoms with E-state index in [1.165, 1.54) is 21.2 Å². The molecule has 0 bridgehead atoms. The molecule has 0 amide bonds. The van der Waals surface area contributed by atoms with Gasteiger partial charge in [-0.25, -0.2) is 4.44 Å². The molecular weight excluding hydrogens is 450 g/mol. The van der Waals surface area contributed by atoms with Crippen molar-refractivity contribution in [2.24, 2.45) is 0 Å². The lowest BCUT2D eigenvalue weighted by Crippen LogP contribution is -2.33. The Morgan fingerprint density at radius 1 is 0.441 bits per heavy atom. The summed E-state index contributed by atoms with van der Waals surface area (Å²) in [4.78, 5) is 0. The maximum atomic E-state index is 2.79. The first-order valence-electron chi connectivity index (χ1n) is 11.6. The van der Waals surface area contributed by atoms with Crippen molar-refractivity contribution in [2.45, 2.75) is 6.54 Å². The van der Waals surface area contributed by atoms with Crippen LogP contribution in [0.25, 0.3) is 0 Å². The van der Waals surface area contributed by atoms with Crippen molar-refractivity contribution < 1.29 is 0 Å². The molecule has 5 rings (SSSR count). The second-order valence-corrected chi connectivity index (χ2v) is 12.6. The Morgan fingerprint density at radius 2 is 0.765 bits per heavy atom. The van der Waals surface area contributed by atoms with E-state index in [1.54, 1.807) is 0 Å². The molecule has 0 fully saturated rings. The highest BCUT2D eigenvalue weighted by Crippen LogP contribution is 2.54. The fraction of sp³-hybridized carbons (Fsp3) is 0.0667.